The van der Waals surface area contributed by atoms with E-state index in [9.17, 15) is 22.4 Å². The number of aromatic nitrogens is 1. The van der Waals surface area contributed by atoms with Gasteiger partial charge in [-0.15, -0.1) is 0 Å². The number of benzene rings is 2. The molecule has 35 heavy (non-hydrogen) atoms. The second kappa shape index (κ2) is 10.6. The number of nitrogens with one attached hydrogen (secondary N) is 1. The van der Waals surface area contributed by atoms with Crippen LogP contribution in [0.25, 0.3) is 0 Å². The Bertz CT molecular complexity index is 1170. The molecule has 0 aliphatic carbocycles. The Kier molecular flexibility index (Phi) is 8.05. The zero-order valence-corrected chi connectivity index (χ0v) is 20.1. The first-order valence-corrected chi connectivity index (χ1v) is 11.3. The van der Waals surface area contributed by atoms with Crippen LogP contribution in [0.1, 0.15) is 49.3 Å². The lowest BCUT2D eigenvalue weighted by Crippen LogP contribution is -2.48. The van der Waals surface area contributed by atoms with Crippen LogP contribution in [-0.4, -0.2) is 23.0 Å². The number of amides is 1. The maximum Gasteiger partial charge on any atom is 0.416 e. The first-order chi connectivity index (χ1) is 16.4. The van der Waals surface area contributed by atoms with Crippen molar-refractivity contribution in [2.75, 3.05) is 6.54 Å². The maximum atomic E-state index is 14.0. The molecule has 0 aliphatic heterocycles. The van der Waals surface area contributed by atoms with Gasteiger partial charge in [0, 0.05) is 29.7 Å². The Labute approximate surface area is 206 Å². The van der Waals surface area contributed by atoms with E-state index in [0.29, 0.717) is 10.6 Å². The fourth-order valence-electron chi connectivity index (χ4n) is 3.68. The minimum atomic E-state index is -4.57. The number of hydrogen-bond donors (Lipinski definition) is 1. The fourth-order valence-corrected chi connectivity index (χ4v) is 3.81. The fraction of sp³-hybridized carbons (Fsp3) is 0.308. The van der Waals surface area contributed by atoms with Crippen LogP contribution in [0.15, 0.2) is 66.9 Å². The van der Waals surface area contributed by atoms with Gasteiger partial charge in [0.25, 0.3) is 5.91 Å². The first-order valence-electron chi connectivity index (χ1n) is 10.9. The highest BCUT2D eigenvalue weighted by Gasteiger charge is 2.34. The second-order valence-electron chi connectivity index (χ2n) is 8.70. The van der Waals surface area contributed by atoms with Crippen LogP contribution in [0.4, 0.5) is 17.6 Å². The Morgan fingerprint density at radius 3 is 2.37 bits per heavy atom. The van der Waals surface area contributed by atoms with Crippen LogP contribution in [0.2, 0.25) is 5.02 Å². The summed E-state index contributed by atoms with van der Waals surface area (Å²) in [6.07, 6.45) is -3.59. The van der Waals surface area contributed by atoms with Crippen molar-refractivity contribution in [1.29, 1.82) is 0 Å². The van der Waals surface area contributed by atoms with E-state index in [1.165, 1.54) is 26.0 Å². The number of carbonyl (C=O) groups excluding carboxylic acids is 1. The molecule has 0 aliphatic rings. The summed E-state index contributed by atoms with van der Waals surface area (Å²) in [7, 11) is 0. The van der Waals surface area contributed by atoms with Gasteiger partial charge in [-0.25, -0.2) is 9.37 Å². The third kappa shape index (κ3) is 6.94. The highest BCUT2D eigenvalue weighted by molar-refractivity contribution is 6.30. The van der Waals surface area contributed by atoms with Gasteiger partial charge in [0.15, 0.2) is 5.60 Å². The Balaban J connectivity index is 1.78. The zero-order valence-electron chi connectivity index (χ0n) is 19.4. The number of halogens is 5. The quantitative estimate of drug-likeness (QED) is 0.342. The van der Waals surface area contributed by atoms with Gasteiger partial charge >= 0.3 is 6.18 Å². The number of hydrogen-bond acceptors (Lipinski definition) is 3. The number of alkyl halides is 3. The predicted molar refractivity (Wildman–Crippen MR) is 126 cm³/mol. The van der Waals surface area contributed by atoms with Gasteiger partial charge in [-0.05, 0) is 61.2 Å². The molecule has 4 nitrogen and oxygen atoms in total. The SMILES string of the molecule is CC(c1ccc(Cl)cc1)C(CNC(=O)C(C)(C)Oc1cc(C(F)(F)F)ccn1)c1cccc(F)c1. The predicted octanol–water partition coefficient (Wildman–Crippen LogP) is 6.75. The minimum Gasteiger partial charge on any atom is -0.462 e. The van der Waals surface area contributed by atoms with Crippen molar-refractivity contribution in [1.82, 2.24) is 10.3 Å². The van der Waals surface area contributed by atoms with Gasteiger partial charge in [0.05, 0.1) is 5.56 Å². The van der Waals surface area contributed by atoms with Gasteiger partial charge in [0.2, 0.25) is 5.88 Å². The van der Waals surface area contributed by atoms with Gasteiger partial charge < -0.3 is 10.1 Å². The molecule has 0 spiro atoms. The molecule has 0 saturated heterocycles. The number of rotatable bonds is 8. The Hall–Kier alpha value is -3.13. The molecule has 3 aromatic rings. The number of pyridine rings is 1. The summed E-state index contributed by atoms with van der Waals surface area (Å²) in [5, 5.41) is 3.39. The van der Waals surface area contributed by atoms with Crippen LogP contribution in [0, 0.1) is 5.82 Å². The van der Waals surface area contributed by atoms with Gasteiger partial charge in [-0.2, -0.15) is 13.2 Å². The van der Waals surface area contributed by atoms with E-state index >= 15 is 0 Å². The van der Waals surface area contributed by atoms with Crippen LogP contribution >= 0.6 is 11.6 Å². The third-order valence-electron chi connectivity index (χ3n) is 5.73. The van der Waals surface area contributed by atoms with Crippen molar-refractivity contribution in [2.45, 2.75) is 44.4 Å². The molecule has 0 radical (unpaired) electrons. The smallest absolute Gasteiger partial charge is 0.416 e. The zero-order chi connectivity index (χ0) is 25.8. The molecule has 1 heterocycles. The standard InChI is InChI=1S/C26H25ClF4N2O2/c1-16(17-7-9-20(27)10-8-17)22(18-5-4-6-21(28)13-18)15-33-24(34)25(2,3)35-23-14-19(11-12-32-23)26(29,30)31/h4-14,16,22H,15H2,1-3H3,(H,33,34). The van der Waals surface area contributed by atoms with Crippen molar-refractivity contribution >= 4 is 17.5 Å². The van der Waals surface area contributed by atoms with Crippen LogP contribution in [0.5, 0.6) is 5.88 Å². The van der Waals surface area contributed by atoms with E-state index in [1.807, 2.05) is 19.1 Å². The highest BCUT2D eigenvalue weighted by Crippen LogP contribution is 2.34. The number of ether oxygens (including phenoxy) is 1. The van der Waals surface area contributed by atoms with Crippen molar-refractivity contribution in [3.05, 3.63) is 94.4 Å². The molecular weight excluding hydrogens is 484 g/mol. The molecule has 186 valence electrons. The summed E-state index contributed by atoms with van der Waals surface area (Å²) in [5.74, 6) is -1.71. The largest absolute Gasteiger partial charge is 0.462 e. The molecule has 0 fully saturated rings. The van der Waals surface area contributed by atoms with E-state index in [2.05, 4.69) is 10.3 Å². The van der Waals surface area contributed by atoms with Gasteiger partial charge in [0.1, 0.15) is 5.82 Å². The summed E-state index contributed by atoms with van der Waals surface area (Å²) < 4.78 is 58.5. The second-order valence-corrected chi connectivity index (χ2v) is 9.14. The molecule has 1 aromatic heterocycles. The monoisotopic (exact) mass is 508 g/mol. The maximum absolute atomic E-state index is 14.0. The van der Waals surface area contributed by atoms with E-state index in [4.69, 9.17) is 16.3 Å². The van der Waals surface area contributed by atoms with E-state index in [1.54, 1.807) is 24.3 Å². The molecule has 1 N–H and O–H groups in total. The summed E-state index contributed by atoms with van der Waals surface area (Å²) in [6.45, 7) is 4.96. The van der Waals surface area contributed by atoms with E-state index in [0.717, 1.165) is 23.9 Å². The van der Waals surface area contributed by atoms with Crippen molar-refractivity contribution in [3.63, 3.8) is 0 Å². The number of nitrogens with zero attached hydrogens (tertiary/aromatic N) is 1. The number of carbonyl (C=O) groups is 1. The van der Waals surface area contributed by atoms with Crippen molar-refractivity contribution < 1.29 is 27.1 Å². The van der Waals surface area contributed by atoms with Crippen molar-refractivity contribution in [2.24, 2.45) is 0 Å². The van der Waals surface area contributed by atoms with Gasteiger partial charge in [-0.1, -0.05) is 42.8 Å². The summed E-state index contributed by atoms with van der Waals surface area (Å²) >= 11 is 6.00. The summed E-state index contributed by atoms with van der Waals surface area (Å²) in [4.78, 5) is 16.8. The first kappa shape index (κ1) is 26.5. The van der Waals surface area contributed by atoms with Crippen molar-refractivity contribution in [3.8, 4) is 5.88 Å². The minimum absolute atomic E-state index is 0.122. The molecule has 3 rings (SSSR count). The van der Waals surface area contributed by atoms with E-state index < -0.39 is 29.1 Å². The average Bonchev–Trinajstić information content (AvgIpc) is 2.79. The molecular formula is C26H25ClF4N2O2. The normalized spacial score (nSPS) is 13.7. The molecule has 1 amide bonds. The van der Waals surface area contributed by atoms with Crippen LogP contribution in [0.3, 0.4) is 0 Å². The van der Waals surface area contributed by atoms with Crippen LogP contribution < -0.4 is 10.1 Å². The molecule has 0 saturated carbocycles. The lowest BCUT2D eigenvalue weighted by Gasteiger charge is -2.29. The van der Waals surface area contributed by atoms with Gasteiger partial charge in [-0.3, -0.25) is 4.79 Å². The highest BCUT2D eigenvalue weighted by atomic mass is 35.5. The molecule has 2 aromatic carbocycles. The van der Waals surface area contributed by atoms with E-state index in [-0.39, 0.29) is 24.3 Å². The molecule has 2 atom stereocenters. The molecule has 0 bridgehead atoms. The lowest BCUT2D eigenvalue weighted by atomic mass is 9.82. The third-order valence-corrected chi connectivity index (χ3v) is 5.98. The topological polar surface area (TPSA) is 51.2 Å². The summed E-state index contributed by atoms with van der Waals surface area (Å²) in [6, 6.07) is 14.9. The van der Waals surface area contributed by atoms with Crippen LogP contribution in [-0.2, 0) is 11.0 Å². The Morgan fingerprint density at radius 2 is 1.74 bits per heavy atom. The lowest BCUT2D eigenvalue weighted by molar-refractivity contribution is -0.138. The Morgan fingerprint density at radius 1 is 1.06 bits per heavy atom. The molecule has 2 unspecified atom stereocenters. The summed E-state index contributed by atoms with van der Waals surface area (Å²) in [5.41, 5.74) is -0.818. The average molecular weight is 509 g/mol. The molecule has 9 heteroatoms.